The Bertz CT molecular complexity index is 3860. The van der Waals surface area contributed by atoms with E-state index in [4.69, 9.17) is 4.98 Å². The number of para-hydroxylation sites is 2. The van der Waals surface area contributed by atoms with Gasteiger partial charge in [0.1, 0.15) is 0 Å². The van der Waals surface area contributed by atoms with Crippen molar-refractivity contribution < 1.29 is 0 Å². The van der Waals surface area contributed by atoms with Crippen molar-refractivity contribution in [3.8, 4) is 11.1 Å². The van der Waals surface area contributed by atoms with Gasteiger partial charge in [0.05, 0.1) is 0 Å². The molecule has 0 saturated carbocycles. The highest BCUT2D eigenvalue weighted by molar-refractivity contribution is 8.31. The smallest absolute Gasteiger partial charge is 0.329 e. The van der Waals surface area contributed by atoms with E-state index in [0.29, 0.717) is 0 Å². The molecule has 0 fully saturated rings. The average molecular weight is 861 g/mol. The average Bonchev–Trinajstić information content (AvgIpc) is 3.37. The number of anilines is 2. The lowest BCUT2D eigenvalue weighted by Gasteiger charge is -2.41. The molecule has 0 bridgehead atoms. The van der Waals surface area contributed by atoms with Crippen LogP contribution < -0.4 is 26.1 Å². The van der Waals surface area contributed by atoms with E-state index >= 15 is 0 Å². The number of fused-ring (bicyclic) bond motifs is 12. The van der Waals surface area contributed by atoms with Gasteiger partial charge >= 0.3 is 6.85 Å². The number of rotatable bonds is 3. The van der Waals surface area contributed by atoms with Gasteiger partial charge in [-0.3, -0.25) is 4.98 Å². The number of pyridine rings is 1. The summed E-state index contributed by atoms with van der Waals surface area (Å²) >= 11 is 2.11. The van der Waals surface area contributed by atoms with E-state index < -0.39 is 7.22 Å². The second-order valence-corrected chi connectivity index (χ2v) is 24.3. The van der Waals surface area contributed by atoms with Gasteiger partial charge in [0, 0.05) is 29.2 Å². The number of aromatic nitrogens is 1. The van der Waals surface area contributed by atoms with Gasteiger partial charge < -0.3 is 4.81 Å². The Labute approximate surface area is 383 Å². The Morgan fingerprint density at radius 1 is 0.431 bits per heavy atom. The lowest BCUT2D eigenvalue weighted by atomic mass is 9.48. The molecule has 5 heteroatoms. The second-order valence-electron chi connectivity index (χ2n) is 17.4. The van der Waals surface area contributed by atoms with E-state index in [2.05, 4.69) is 247 Å². The van der Waals surface area contributed by atoms with E-state index in [1.165, 1.54) is 108 Å². The van der Waals surface area contributed by atoms with Gasteiger partial charge in [0.15, 0.2) is 7.22 Å². The largest absolute Gasteiger partial charge is 0.377 e. The SMILES string of the molecule is C[Si]1(c2ccc3c(c2)c2cccc4c2-c2c(cccc2c2ccncc2c2ccccc42)c2ccccc23)Sc2ccccc2B(c2ccccc2)N(c2ccccc2)c2ccccc21. The summed E-state index contributed by atoms with van der Waals surface area (Å²) in [6, 6.07) is 82.1. The highest BCUT2D eigenvalue weighted by Crippen LogP contribution is 2.47. The van der Waals surface area contributed by atoms with Crippen molar-refractivity contribution in [1.82, 2.24) is 4.98 Å². The predicted molar refractivity (Wildman–Crippen MR) is 284 cm³/mol. The first-order valence-electron chi connectivity index (χ1n) is 22.5. The summed E-state index contributed by atoms with van der Waals surface area (Å²) in [6.45, 7) is 2.55. The zero-order chi connectivity index (χ0) is 43.1. The molecule has 0 N–H and O–H groups in total. The number of hydrogen-bond acceptors (Lipinski definition) is 3. The zero-order valence-corrected chi connectivity index (χ0v) is 37.6. The molecule has 9 aromatic carbocycles. The Morgan fingerprint density at radius 3 is 1.63 bits per heavy atom. The van der Waals surface area contributed by atoms with Crippen molar-refractivity contribution in [2.24, 2.45) is 0 Å². The zero-order valence-electron chi connectivity index (χ0n) is 35.8. The number of benzene rings is 9. The summed E-state index contributed by atoms with van der Waals surface area (Å²) in [5, 5.41) is 17.6. The van der Waals surface area contributed by atoms with Crippen LogP contribution in [0.5, 0.6) is 0 Å². The molecule has 2 heterocycles. The van der Waals surface area contributed by atoms with Crippen LogP contribution in [0.15, 0.2) is 236 Å². The first kappa shape index (κ1) is 38.1. The third-order valence-corrected chi connectivity index (χ3v) is 21.1. The molecule has 0 spiro atoms. The monoisotopic (exact) mass is 860 g/mol. The molecule has 3 aliphatic rings. The molecule has 1 aromatic heterocycles. The van der Waals surface area contributed by atoms with Crippen molar-refractivity contribution >= 4 is 123 Å². The molecule has 1 atom stereocenters. The molecule has 0 amide bonds. The molecule has 2 nitrogen and oxygen atoms in total. The van der Waals surface area contributed by atoms with Gasteiger partial charge in [0.25, 0.3) is 0 Å². The maximum absolute atomic E-state index is 4.69. The third-order valence-electron chi connectivity index (χ3n) is 14.0. The molecule has 1 aliphatic heterocycles. The highest BCUT2D eigenvalue weighted by Gasteiger charge is 2.43. The Balaban J connectivity index is 1.18. The minimum absolute atomic E-state index is 0.0313. The molecule has 13 rings (SSSR count). The minimum atomic E-state index is -2.71. The van der Waals surface area contributed by atoms with Gasteiger partial charge in [-0.1, -0.05) is 200 Å². The van der Waals surface area contributed by atoms with Crippen LogP contribution in [0.4, 0.5) is 11.4 Å². The van der Waals surface area contributed by atoms with Crippen LogP contribution in [-0.4, -0.2) is 19.1 Å². The van der Waals surface area contributed by atoms with Crippen LogP contribution in [0.25, 0.3) is 75.8 Å². The van der Waals surface area contributed by atoms with Crippen molar-refractivity contribution in [2.75, 3.05) is 4.81 Å². The fourth-order valence-corrected chi connectivity index (χ4v) is 17.9. The van der Waals surface area contributed by atoms with Crippen molar-refractivity contribution in [2.45, 2.75) is 11.4 Å². The number of hydrogen-bond donors (Lipinski definition) is 0. The topological polar surface area (TPSA) is 16.1 Å². The molecule has 65 heavy (non-hydrogen) atoms. The fourth-order valence-electron chi connectivity index (χ4n) is 11.1. The minimum Gasteiger partial charge on any atom is -0.377 e. The van der Waals surface area contributed by atoms with Crippen molar-refractivity contribution in [3.05, 3.63) is 231 Å². The molecule has 0 saturated heterocycles. The Morgan fingerprint density at radius 2 is 0.938 bits per heavy atom. The van der Waals surface area contributed by atoms with Gasteiger partial charge in [-0.05, 0) is 121 Å². The Hall–Kier alpha value is -7.44. The van der Waals surface area contributed by atoms with Crippen LogP contribution in [0, 0.1) is 0 Å². The van der Waals surface area contributed by atoms with Crippen LogP contribution in [0.2, 0.25) is 6.55 Å². The summed E-state index contributed by atoms with van der Waals surface area (Å²) in [6.07, 6.45) is 4.00. The standard InChI is InChI=1S/C60H41BN2SSi/c1-65(58-33-15-13-31-56(58)63(41-20-6-3-7-21-41)61(40-18-4-2-5-19-40)55-30-12-14-32-57(55)64-65)42-34-35-47-43-22-8-9-23-44(43)49-26-16-28-51-48-36-37-62-39-54(48)46-25-11-10-24-45(46)50-27-17-29-52(53(47)38-42)60(50)59(49)51/h2-39H,1H3. The third kappa shape index (κ3) is 5.86. The van der Waals surface area contributed by atoms with E-state index in [0.717, 1.165) is 5.39 Å². The van der Waals surface area contributed by atoms with Crippen LogP contribution in [0.1, 0.15) is 0 Å². The van der Waals surface area contributed by atoms with Gasteiger partial charge in [-0.2, -0.15) is 0 Å². The van der Waals surface area contributed by atoms with Crippen LogP contribution >= 0.6 is 11.2 Å². The molecule has 1 unspecified atom stereocenters. The quantitative estimate of drug-likeness (QED) is 0.165. The Kier molecular flexibility index (Phi) is 8.84. The van der Waals surface area contributed by atoms with E-state index in [9.17, 15) is 0 Å². The van der Waals surface area contributed by atoms with Gasteiger partial charge in [-0.15, -0.1) is 11.2 Å². The highest BCUT2D eigenvalue weighted by atomic mass is 32.4. The summed E-state index contributed by atoms with van der Waals surface area (Å²) in [7, 11) is -2.71. The first-order chi connectivity index (χ1) is 32.2. The maximum atomic E-state index is 4.69. The summed E-state index contributed by atoms with van der Waals surface area (Å²) in [5.41, 5.74) is 7.58. The van der Waals surface area contributed by atoms with Crippen molar-refractivity contribution in [1.29, 1.82) is 0 Å². The lowest BCUT2D eigenvalue weighted by molar-refractivity contribution is 1.37. The predicted octanol–water partition coefficient (Wildman–Crippen LogP) is 13.4. The normalized spacial score (nSPS) is 15.1. The van der Waals surface area contributed by atoms with Crippen LogP contribution in [-0.2, 0) is 0 Å². The maximum Gasteiger partial charge on any atom is 0.329 e. The molecular weight excluding hydrogens is 820 g/mol. The van der Waals surface area contributed by atoms with Gasteiger partial charge in [0.2, 0.25) is 0 Å². The second kappa shape index (κ2) is 15.1. The fraction of sp³-hybridized carbons (Fsp3) is 0.0167. The van der Waals surface area contributed by atoms with Crippen LogP contribution in [0.3, 0.4) is 0 Å². The summed E-state index contributed by atoms with van der Waals surface area (Å²) in [4.78, 5) is 8.64. The van der Waals surface area contributed by atoms with E-state index in [-0.39, 0.29) is 6.85 Å². The van der Waals surface area contributed by atoms with E-state index in [1.807, 2.05) is 6.20 Å². The van der Waals surface area contributed by atoms with E-state index in [1.54, 1.807) is 0 Å². The van der Waals surface area contributed by atoms with Crippen molar-refractivity contribution in [3.63, 3.8) is 0 Å². The molecule has 304 valence electrons. The molecular formula is C60H41BN2SSi. The summed E-state index contributed by atoms with van der Waals surface area (Å²) in [5.74, 6) is 0. The van der Waals surface area contributed by atoms with Gasteiger partial charge in [-0.25, -0.2) is 0 Å². The number of nitrogens with zero attached hydrogens (tertiary/aromatic N) is 2. The lowest BCUT2D eigenvalue weighted by Crippen LogP contribution is -2.62. The molecule has 2 aliphatic carbocycles. The molecule has 10 aromatic rings. The molecule has 0 radical (unpaired) electrons. The first-order valence-corrected chi connectivity index (χ1v) is 26.5. The summed E-state index contributed by atoms with van der Waals surface area (Å²) < 4.78 is 0.